The van der Waals surface area contributed by atoms with Crippen molar-refractivity contribution in [3.63, 3.8) is 0 Å². The van der Waals surface area contributed by atoms with E-state index in [4.69, 9.17) is 11.7 Å². The molecular weight excluding hydrogens is 278 g/mol. The maximum absolute atomic E-state index is 12.2. The second kappa shape index (κ2) is 6.02. The van der Waals surface area contributed by atoms with Crippen molar-refractivity contribution in [2.75, 3.05) is 13.2 Å². The molecule has 2 radical (unpaired) electrons. The Morgan fingerprint density at radius 3 is 2.09 bits per heavy atom. The van der Waals surface area contributed by atoms with Gasteiger partial charge in [0.05, 0.1) is 17.7 Å². The van der Waals surface area contributed by atoms with Gasteiger partial charge >= 0.3 is 0 Å². The molecule has 110 valence electrons. The van der Waals surface area contributed by atoms with Crippen molar-refractivity contribution in [1.29, 1.82) is 0 Å². The van der Waals surface area contributed by atoms with Gasteiger partial charge in [-0.1, -0.05) is 24.3 Å². The second-order valence-electron chi connectivity index (χ2n) is 5.08. The van der Waals surface area contributed by atoms with Crippen molar-refractivity contribution in [3.05, 3.63) is 72.1 Å². The molecule has 0 atom stereocenters. The van der Waals surface area contributed by atoms with E-state index in [-0.39, 0.29) is 11.8 Å². The first-order valence-electron chi connectivity index (χ1n) is 7.10. The predicted molar refractivity (Wildman–Crippen MR) is 81.8 cm³/mol. The van der Waals surface area contributed by atoms with Gasteiger partial charge in [0.25, 0.3) is 11.8 Å². The van der Waals surface area contributed by atoms with Crippen LogP contribution in [0.4, 0.5) is 0 Å². The lowest BCUT2D eigenvalue weighted by atomic mass is 10.1. The quantitative estimate of drug-likeness (QED) is 0.629. The Labute approximate surface area is 129 Å². The van der Waals surface area contributed by atoms with Crippen molar-refractivity contribution in [3.8, 4) is 5.75 Å². The number of hydrogen-bond donors (Lipinski definition) is 0. The molecule has 1 aliphatic heterocycles. The Kier molecular flexibility index (Phi) is 3.92. The Hall–Kier alpha value is -2.62. The standard InChI is InChI=1S/C18H15NO3/c1-13-7-9-14(10-8-13)22-12-4-11-19-17(20)15-5-2-3-6-16(15)18(19)21/h1-3,5-10H,4,11-12H2. The Bertz CT molecular complexity index is 672. The fourth-order valence-corrected chi connectivity index (χ4v) is 2.42. The highest BCUT2D eigenvalue weighted by Crippen LogP contribution is 2.22. The summed E-state index contributed by atoms with van der Waals surface area (Å²) in [6.07, 6.45) is 0.579. The van der Waals surface area contributed by atoms with Gasteiger partial charge in [0, 0.05) is 6.54 Å². The molecule has 2 amide bonds. The molecule has 2 aromatic carbocycles. The fourth-order valence-electron chi connectivity index (χ4n) is 2.42. The summed E-state index contributed by atoms with van der Waals surface area (Å²) < 4.78 is 5.56. The lowest BCUT2D eigenvalue weighted by molar-refractivity contribution is 0.0647. The van der Waals surface area contributed by atoms with Crippen LogP contribution in [0.2, 0.25) is 0 Å². The van der Waals surface area contributed by atoms with Gasteiger partial charge in [-0.2, -0.15) is 0 Å². The maximum Gasteiger partial charge on any atom is 0.261 e. The third-order valence-corrected chi connectivity index (χ3v) is 3.55. The van der Waals surface area contributed by atoms with Crippen LogP contribution >= 0.6 is 0 Å². The van der Waals surface area contributed by atoms with E-state index in [9.17, 15) is 9.59 Å². The summed E-state index contributed by atoms with van der Waals surface area (Å²) in [5.74, 6) is 0.262. The number of imide groups is 1. The minimum Gasteiger partial charge on any atom is -0.494 e. The number of nitrogens with zero attached hydrogens (tertiary/aromatic N) is 1. The highest BCUT2D eigenvalue weighted by atomic mass is 16.5. The average molecular weight is 293 g/mol. The first kappa shape index (κ1) is 14.3. The van der Waals surface area contributed by atoms with Crippen molar-refractivity contribution < 1.29 is 14.3 Å². The summed E-state index contributed by atoms with van der Waals surface area (Å²) in [4.78, 5) is 25.6. The fraction of sp³-hybridized carbons (Fsp3) is 0.167. The number of hydrogen-bond acceptors (Lipinski definition) is 3. The minimum absolute atomic E-state index is 0.229. The summed E-state index contributed by atoms with van der Waals surface area (Å²) in [6, 6.07) is 14.0. The molecule has 22 heavy (non-hydrogen) atoms. The van der Waals surface area contributed by atoms with Crippen molar-refractivity contribution in [2.24, 2.45) is 0 Å². The number of carbonyl (C=O) groups is 2. The lowest BCUT2D eigenvalue weighted by Gasteiger charge is -2.14. The molecule has 4 nitrogen and oxygen atoms in total. The molecule has 0 spiro atoms. The van der Waals surface area contributed by atoms with Gasteiger partial charge in [-0.15, -0.1) is 0 Å². The van der Waals surface area contributed by atoms with Crippen molar-refractivity contribution in [2.45, 2.75) is 6.42 Å². The van der Waals surface area contributed by atoms with Gasteiger partial charge in [-0.05, 0) is 43.2 Å². The summed E-state index contributed by atoms with van der Waals surface area (Å²) in [6.45, 7) is 6.38. The molecule has 1 aliphatic rings. The highest BCUT2D eigenvalue weighted by molar-refractivity contribution is 6.21. The summed E-state index contributed by atoms with van der Waals surface area (Å²) in [5, 5.41) is 0. The van der Waals surface area contributed by atoms with E-state index in [1.165, 1.54) is 4.90 Å². The zero-order valence-electron chi connectivity index (χ0n) is 12.0. The van der Waals surface area contributed by atoms with Crippen LogP contribution in [0.5, 0.6) is 5.75 Å². The van der Waals surface area contributed by atoms with E-state index >= 15 is 0 Å². The van der Waals surface area contributed by atoms with Gasteiger partial charge in [-0.3, -0.25) is 14.5 Å². The zero-order valence-corrected chi connectivity index (χ0v) is 12.0. The van der Waals surface area contributed by atoms with Crippen LogP contribution in [0.3, 0.4) is 0 Å². The number of fused-ring (bicyclic) bond motifs is 1. The molecule has 0 aromatic heterocycles. The second-order valence-corrected chi connectivity index (χ2v) is 5.08. The molecule has 1 heterocycles. The first-order chi connectivity index (χ1) is 10.7. The highest BCUT2D eigenvalue weighted by Gasteiger charge is 2.34. The number of ether oxygens (including phenoxy) is 1. The third-order valence-electron chi connectivity index (χ3n) is 3.55. The van der Waals surface area contributed by atoms with Crippen LogP contribution in [0.25, 0.3) is 0 Å². The van der Waals surface area contributed by atoms with E-state index < -0.39 is 0 Å². The number of rotatable bonds is 5. The molecule has 0 aliphatic carbocycles. The normalized spacial score (nSPS) is 13.4. The Morgan fingerprint density at radius 2 is 1.50 bits per heavy atom. The Balaban J connectivity index is 1.54. The maximum atomic E-state index is 12.2. The SMILES string of the molecule is [CH]c1ccc(OCCCN2C(=O)c3ccccc3C2=O)cc1. The van der Waals surface area contributed by atoms with E-state index in [1.807, 2.05) is 0 Å². The minimum atomic E-state index is -0.229. The topological polar surface area (TPSA) is 46.6 Å². The average Bonchev–Trinajstić information content (AvgIpc) is 2.78. The Morgan fingerprint density at radius 1 is 0.909 bits per heavy atom. The van der Waals surface area contributed by atoms with Gasteiger partial charge in [0.1, 0.15) is 5.75 Å². The van der Waals surface area contributed by atoms with Crippen LogP contribution in [0.15, 0.2) is 48.5 Å². The van der Waals surface area contributed by atoms with Crippen LogP contribution in [0.1, 0.15) is 32.7 Å². The molecule has 0 saturated carbocycles. The molecule has 0 unspecified atom stereocenters. The number of benzene rings is 2. The molecule has 0 N–H and O–H groups in total. The predicted octanol–water partition coefficient (Wildman–Crippen LogP) is 2.81. The molecule has 4 heteroatoms. The van der Waals surface area contributed by atoms with Gasteiger partial charge in [0.15, 0.2) is 0 Å². The monoisotopic (exact) mass is 293 g/mol. The zero-order chi connectivity index (χ0) is 15.5. The summed E-state index contributed by atoms with van der Waals surface area (Å²) in [7, 11) is 0. The molecule has 0 fully saturated rings. The number of amides is 2. The van der Waals surface area contributed by atoms with E-state index in [0.717, 1.165) is 5.75 Å². The van der Waals surface area contributed by atoms with E-state index in [2.05, 4.69) is 0 Å². The van der Waals surface area contributed by atoms with Gasteiger partial charge in [-0.25, -0.2) is 0 Å². The van der Waals surface area contributed by atoms with E-state index in [0.29, 0.717) is 36.3 Å². The molecule has 2 aromatic rings. The van der Waals surface area contributed by atoms with Crippen LogP contribution in [-0.2, 0) is 0 Å². The van der Waals surface area contributed by atoms with Gasteiger partial charge in [0.2, 0.25) is 0 Å². The molecule has 0 bridgehead atoms. The lowest BCUT2D eigenvalue weighted by Crippen LogP contribution is -2.31. The molecule has 0 saturated heterocycles. The summed E-state index contributed by atoms with van der Waals surface area (Å²) in [5.41, 5.74) is 1.64. The molecular formula is C18H15NO3. The van der Waals surface area contributed by atoms with Crippen molar-refractivity contribution in [1.82, 2.24) is 4.90 Å². The summed E-state index contributed by atoms with van der Waals surface area (Å²) >= 11 is 0. The van der Waals surface area contributed by atoms with Crippen LogP contribution in [0, 0.1) is 6.92 Å². The third kappa shape index (κ3) is 2.72. The first-order valence-corrected chi connectivity index (χ1v) is 7.10. The molecule has 3 rings (SSSR count). The van der Waals surface area contributed by atoms with Gasteiger partial charge < -0.3 is 4.74 Å². The van der Waals surface area contributed by atoms with Crippen LogP contribution in [-0.4, -0.2) is 29.9 Å². The van der Waals surface area contributed by atoms with E-state index in [1.54, 1.807) is 48.5 Å². The van der Waals surface area contributed by atoms with Crippen LogP contribution < -0.4 is 4.74 Å². The largest absolute Gasteiger partial charge is 0.494 e. The number of carbonyl (C=O) groups excluding carboxylic acids is 2. The smallest absolute Gasteiger partial charge is 0.261 e. The van der Waals surface area contributed by atoms with Crippen molar-refractivity contribution >= 4 is 11.8 Å².